The first-order valence-corrected chi connectivity index (χ1v) is 7.25. The standard InChI is InChI=1S/C17H18N2O4/c1-12(2)11-23-14-9-7-13(8-10-14)18-17(20)15-5-3-4-6-16(15)19(21)22/h3-10,12H,11H2,1-2H3,(H,18,20). The van der Waals surface area contributed by atoms with Gasteiger partial charge in [0.15, 0.2) is 0 Å². The Bertz CT molecular complexity index is 696. The van der Waals surface area contributed by atoms with Gasteiger partial charge < -0.3 is 10.1 Å². The zero-order chi connectivity index (χ0) is 16.8. The first-order chi connectivity index (χ1) is 11.0. The maximum Gasteiger partial charge on any atom is 0.282 e. The highest BCUT2D eigenvalue weighted by molar-refractivity contribution is 6.07. The van der Waals surface area contributed by atoms with E-state index in [1.165, 1.54) is 18.2 Å². The van der Waals surface area contributed by atoms with Crippen molar-refractivity contribution in [2.45, 2.75) is 13.8 Å². The predicted molar refractivity (Wildman–Crippen MR) is 87.8 cm³/mol. The average Bonchev–Trinajstić information content (AvgIpc) is 2.54. The second-order valence-corrected chi connectivity index (χ2v) is 5.46. The van der Waals surface area contributed by atoms with Crippen molar-refractivity contribution in [2.24, 2.45) is 5.92 Å². The van der Waals surface area contributed by atoms with Crippen LogP contribution in [0.4, 0.5) is 11.4 Å². The van der Waals surface area contributed by atoms with Gasteiger partial charge >= 0.3 is 0 Å². The number of nitro benzene ring substituents is 1. The molecule has 0 unspecified atom stereocenters. The number of para-hydroxylation sites is 1. The van der Waals surface area contributed by atoms with Gasteiger partial charge in [-0.15, -0.1) is 0 Å². The van der Waals surface area contributed by atoms with Gasteiger partial charge in [0.2, 0.25) is 0 Å². The maximum atomic E-state index is 12.2. The number of hydrogen-bond donors (Lipinski definition) is 1. The molecule has 120 valence electrons. The SMILES string of the molecule is CC(C)COc1ccc(NC(=O)c2ccccc2[N+](=O)[O-])cc1. The normalized spacial score (nSPS) is 10.4. The molecule has 0 aliphatic heterocycles. The summed E-state index contributed by atoms with van der Waals surface area (Å²) in [5, 5.41) is 13.6. The molecule has 0 heterocycles. The van der Waals surface area contributed by atoms with Crippen LogP contribution in [0.5, 0.6) is 5.75 Å². The van der Waals surface area contributed by atoms with Gasteiger partial charge in [0.1, 0.15) is 11.3 Å². The molecule has 0 aliphatic rings. The molecule has 0 aliphatic carbocycles. The van der Waals surface area contributed by atoms with Crippen molar-refractivity contribution in [2.75, 3.05) is 11.9 Å². The summed E-state index contributed by atoms with van der Waals surface area (Å²) in [4.78, 5) is 22.6. The Kier molecular flexibility index (Phi) is 5.30. The summed E-state index contributed by atoms with van der Waals surface area (Å²) >= 11 is 0. The minimum absolute atomic E-state index is 0.0256. The second kappa shape index (κ2) is 7.40. The molecule has 6 heteroatoms. The number of anilines is 1. The number of rotatable bonds is 6. The van der Waals surface area contributed by atoms with E-state index in [0.717, 1.165) is 0 Å². The van der Waals surface area contributed by atoms with E-state index in [-0.39, 0.29) is 11.3 Å². The smallest absolute Gasteiger partial charge is 0.282 e. The summed E-state index contributed by atoms with van der Waals surface area (Å²) in [5.41, 5.74) is 0.351. The number of carbonyl (C=O) groups excluding carboxylic acids is 1. The van der Waals surface area contributed by atoms with Crippen molar-refractivity contribution < 1.29 is 14.5 Å². The zero-order valence-corrected chi connectivity index (χ0v) is 13.0. The van der Waals surface area contributed by atoms with Gasteiger partial charge in [-0.2, -0.15) is 0 Å². The monoisotopic (exact) mass is 314 g/mol. The number of nitrogens with zero attached hydrogens (tertiary/aromatic N) is 1. The van der Waals surface area contributed by atoms with E-state index in [1.54, 1.807) is 30.3 Å². The third kappa shape index (κ3) is 4.54. The van der Waals surface area contributed by atoms with Gasteiger partial charge in [0.05, 0.1) is 11.5 Å². The first kappa shape index (κ1) is 16.5. The Balaban J connectivity index is 2.07. The molecule has 23 heavy (non-hydrogen) atoms. The predicted octanol–water partition coefficient (Wildman–Crippen LogP) is 3.88. The van der Waals surface area contributed by atoms with E-state index < -0.39 is 10.8 Å². The summed E-state index contributed by atoms with van der Waals surface area (Å²) in [7, 11) is 0. The quantitative estimate of drug-likeness (QED) is 0.648. The lowest BCUT2D eigenvalue weighted by atomic mass is 10.1. The molecule has 2 aromatic rings. The molecule has 0 spiro atoms. The lowest BCUT2D eigenvalue weighted by molar-refractivity contribution is -0.385. The van der Waals surface area contributed by atoms with Crippen LogP contribution in [0.15, 0.2) is 48.5 Å². The number of carbonyl (C=O) groups is 1. The number of benzene rings is 2. The maximum absolute atomic E-state index is 12.2. The van der Waals surface area contributed by atoms with Crippen molar-refractivity contribution in [3.8, 4) is 5.75 Å². The van der Waals surface area contributed by atoms with Gasteiger partial charge in [0, 0.05) is 11.8 Å². The van der Waals surface area contributed by atoms with Crippen LogP contribution in [-0.4, -0.2) is 17.4 Å². The van der Waals surface area contributed by atoms with Crippen molar-refractivity contribution in [1.29, 1.82) is 0 Å². The molecule has 0 saturated carbocycles. The zero-order valence-electron chi connectivity index (χ0n) is 13.0. The van der Waals surface area contributed by atoms with Crippen molar-refractivity contribution in [1.82, 2.24) is 0 Å². The third-order valence-corrected chi connectivity index (χ3v) is 3.04. The molecular weight excluding hydrogens is 296 g/mol. The van der Waals surface area contributed by atoms with E-state index >= 15 is 0 Å². The summed E-state index contributed by atoms with van der Waals surface area (Å²) < 4.78 is 5.56. The fourth-order valence-corrected chi connectivity index (χ4v) is 1.92. The van der Waals surface area contributed by atoms with Crippen LogP contribution >= 0.6 is 0 Å². The highest BCUT2D eigenvalue weighted by Crippen LogP contribution is 2.21. The Hall–Kier alpha value is -2.89. The molecule has 1 amide bonds. The van der Waals surface area contributed by atoms with Gasteiger partial charge in [-0.05, 0) is 36.2 Å². The number of ether oxygens (including phenoxy) is 1. The van der Waals surface area contributed by atoms with E-state index in [2.05, 4.69) is 19.2 Å². The summed E-state index contributed by atoms with van der Waals surface area (Å²) in [5.74, 6) is 0.614. The Morgan fingerprint density at radius 2 is 1.83 bits per heavy atom. The van der Waals surface area contributed by atoms with Crippen molar-refractivity contribution in [3.05, 3.63) is 64.2 Å². The van der Waals surface area contributed by atoms with Gasteiger partial charge in [0.25, 0.3) is 11.6 Å². The number of nitrogens with one attached hydrogen (secondary N) is 1. The Morgan fingerprint density at radius 3 is 2.43 bits per heavy atom. The topological polar surface area (TPSA) is 81.5 Å². The molecule has 2 rings (SSSR count). The molecule has 0 radical (unpaired) electrons. The summed E-state index contributed by atoms with van der Waals surface area (Å²) in [6.07, 6.45) is 0. The van der Waals surface area contributed by atoms with Gasteiger partial charge in [-0.1, -0.05) is 26.0 Å². The number of hydrogen-bond acceptors (Lipinski definition) is 4. The second-order valence-electron chi connectivity index (χ2n) is 5.46. The highest BCUT2D eigenvalue weighted by Gasteiger charge is 2.19. The van der Waals surface area contributed by atoms with E-state index in [4.69, 9.17) is 4.74 Å². The summed E-state index contributed by atoms with van der Waals surface area (Å²) in [6.45, 7) is 4.73. The fraction of sp³-hybridized carbons (Fsp3) is 0.235. The van der Waals surface area contributed by atoms with Crippen LogP contribution in [0.2, 0.25) is 0 Å². The molecule has 0 bridgehead atoms. The van der Waals surface area contributed by atoms with Crippen LogP contribution in [0.25, 0.3) is 0 Å². The van der Waals surface area contributed by atoms with Crippen LogP contribution < -0.4 is 10.1 Å². The van der Waals surface area contributed by atoms with E-state index in [1.807, 2.05) is 0 Å². The third-order valence-electron chi connectivity index (χ3n) is 3.04. The van der Waals surface area contributed by atoms with E-state index in [9.17, 15) is 14.9 Å². The van der Waals surface area contributed by atoms with Crippen LogP contribution in [0.1, 0.15) is 24.2 Å². The molecule has 0 aromatic heterocycles. The molecule has 0 atom stereocenters. The van der Waals surface area contributed by atoms with Gasteiger partial charge in [-0.25, -0.2) is 0 Å². The molecule has 2 aromatic carbocycles. The Morgan fingerprint density at radius 1 is 1.17 bits per heavy atom. The minimum Gasteiger partial charge on any atom is -0.493 e. The largest absolute Gasteiger partial charge is 0.493 e. The fourth-order valence-electron chi connectivity index (χ4n) is 1.92. The lowest BCUT2D eigenvalue weighted by Crippen LogP contribution is -2.13. The molecular formula is C17H18N2O4. The highest BCUT2D eigenvalue weighted by atomic mass is 16.6. The average molecular weight is 314 g/mol. The Labute approximate surface area is 134 Å². The summed E-state index contributed by atoms with van der Waals surface area (Å²) in [6, 6.07) is 12.7. The molecule has 1 N–H and O–H groups in total. The number of amides is 1. The minimum atomic E-state index is -0.572. The number of nitro groups is 1. The van der Waals surface area contributed by atoms with Crippen LogP contribution in [0.3, 0.4) is 0 Å². The van der Waals surface area contributed by atoms with Gasteiger partial charge in [-0.3, -0.25) is 14.9 Å². The molecule has 6 nitrogen and oxygen atoms in total. The van der Waals surface area contributed by atoms with Crippen molar-refractivity contribution in [3.63, 3.8) is 0 Å². The van der Waals surface area contributed by atoms with Crippen LogP contribution in [-0.2, 0) is 0 Å². The first-order valence-electron chi connectivity index (χ1n) is 7.25. The van der Waals surface area contributed by atoms with Crippen molar-refractivity contribution >= 4 is 17.3 Å². The molecule has 0 saturated heterocycles. The molecule has 0 fully saturated rings. The lowest BCUT2D eigenvalue weighted by Gasteiger charge is -2.10. The van der Waals surface area contributed by atoms with E-state index in [0.29, 0.717) is 24.0 Å². The van der Waals surface area contributed by atoms with Crippen LogP contribution in [0, 0.1) is 16.0 Å².